The molecule has 154 valence electrons. The summed E-state index contributed by atoms with van der Waals surface area (Å²) in [5.41, 5.74) is 9.50. The van der Waals surface area contributed by atoms with Gasteiger partial charge in [0.05, 0.1) is 20.7 Å². The van der Waals surface area contributed by atoms with Crippen molar-refractivity contribution < 1.29 is 18.7 Å². The van der Waals surface area contributed by atoms with Gasteiger partial charge in [0.2, 0.25) is 0 Å². The molecule has 0 spiro atoms. The van der Waals surface area contributed by atoms with Gasteiger partial charge in [0.15, 0.2) is 6.29 Å². The molecule has 1 saturated heterocycles. The van der Waals surface area contributed by atoms with Gasteiger partial charge in [-0.15, -0.1) is 11.3 Å². The Kier molecular flexibility index (Phi) is 4.85. The van der Waals surface area contributed by atoms with E-state index in [4.69, 9.17) is 5.73 Å². The van der Waals surface area contributed by atoms with E-state index >= 15 is 0 Å². The van der Waals surface area contributed by atoms with E-state index < -0.39 is 21.2 Å². The molecule has 0 saturated carbocycles. The maximum absolute atomic E-state index is 12.1. The van der Waals surface area contributed by atoms with Crippen LogP contribution in [0.25, 0.3) is 22.0 Å². The van der Waals surface area contributed by atoms with Crippen LogP contribution in [0.2, 0.25) is 0 Å². The summed E-state index contributed by atoms with van der Waals surface area (Å²) in [5, 5.41) is 2.80. The van der Waals surface area contributed by atoms with Gasteiger partial charge in [-0.1, -0.05) is 0 Å². The van der Waals surface area contributed by atoms with Crippen LogP contribution < -0.4 is 5.73 Å². The number of carbonyl (C=O) groups is 2. The van der Waals surface area contributed by atoms with Crippen LogP contribution in [0, 0.1) is 0 Å². The highest BCUT2D eigenvalue weighted by Gasteiger charge is 2.41. The monoisotopic (exact) mass is 432 g/mol. The second-order valence-corrected chi connectivity index (χ2v) is 12.0. The molecule has 3 aromatic rings. The summed E-state index contributed by atoms with van der Waals surface area (Å²) in [7, 11) is -2.63. The first-order valence-electron chi connectivity index (χ1n) is 9.37. The molecule has 2 aromatic heterocycles. The summed E-state index contributed by atoms with van der Waals surface area (Å²) in [6.45, 7) is 3.80. The topological polar surface area (TPSA) is 116 Å². The van der Waals surface area contributed by atoms with Crippen molar-refractivity contribution in [2.45, 2.75) is 37.4 Å². The van der Waals surface area contributed by atoms with Crippen molar-refractivity contribution in [2.75, 3.05) is 5.75 Å². The van der Waals surface area contributed by atoms with Gasteiger partial charge >= 0.3 is 0 Å². The number of thiophene rings is 1. The molecule has 1 atom stereocenters. The number of benzene rings is 1. The van der Waals surface area contributed by atoms with Crippen LogP contribution >= 0.6 is 21.9 Å². The summed E-state index contributed by atoms with van der Waals surface area (Å²) >= 11 is 1.35. The predicted octanol–water partition coefficient (Wildman–Crippen LogP) is 5.21. The Hall–Kier alpha value is -2.13. The molecule has 0 radical (unpaired) electrons. The van der Waals surface area contributed by atoms with Crippen LogP contribution in [-0.2, 0) is 0 Å². The number of fused-ring (bicyclic) bond motifs is 1. The van der Waals surface area contributed by atoms with Gasteiger partial charge in [0.25, 0.3) is 5.91 Å². The fourth-order valence-corrected chi connectivity index (χ4v) is 6.55. The van der Waals surface area contributed by atoms with E-state index in [2.05, 4.69) is 4.98 Å². The second-order valence-electron chi connectivity index (χ2n) is 8.23. The number of aromatic nitrogens is 1. The van der Waals surface area contributed by atoms with Crippen LogP contribution in [0.3, 0.4) is 0 Å². The maximum Gasteiger partial charge on any atom is 0.250 e. The van der Waals surface area contributed by atoms with Crippen molar-refractivity contribution in [3.63, 3.8) is 0 Å². The minimum Gasteiger partial charge on any atom is -0.366 e. The zero-order valence-corrected chi connectivity index (χ0v) is 17.9. The minimum atomic E-state index is -2.63. The molecule has 1 unspecified atom stereocenters. The normalized spacial score (nSPS) is 21.7. The largest absolute Gasteiger partial charge is 0.366 e. The van der Waals surface area contributed by atoms with Gasteiger partial charge in [0, 0.05) is 17.3 Å². The summed E-state index contributed by atoms with van der Waals surface area (Å²) in [4.78, 5) is 27.0. The average Bonchev–Trinajstić information content (AvgIpc) is 3.30. The van der Waals surface area contributed by atoms with Crippen LogP contribution in [0.5, 0.6) is 0 Å². The van der Waals surface area contributed by atoms with Crippen LogP contribution in [0.1, 0.15) is 58.2 Å². The Bertz CT molecular complexity index is 1110. The lowest BCUT2D eigenvalue weighted by Gasteiger charge is -2.52. The van der Waals surface area contributed by atoms with Crippen LogP contribution in [0.15, 0.2) is 29.8 Å². The van der Waals surface area contributed by atoms with E-state index in [0.29, 0.717) is 34.6 Å². The van der Waals surface area contributed by atoms with Crippen LogP contribution in [-0.4, -0.2) is 36.8 Å². The number of aldehydes is 1. The second kappa shape index (κ2) is 6.98. The number of amides is 1. The highest BCUT2D eigenvalue weighted by Crippen LogP contribution is 2.61. The first kappa shape index (κ1) is 20.2. The molecule has 8 heteroatoms. The summed E-state index contributed by atoms with van der Waals surface area (Å²) in [6, 6.07) is 5.57. The molecule has 4 rings (SSSR count). The van der Waals surface area contributed by atoms with E-state index in [0.717, 1.165) is 28.4 Å². The zero-order valence-electron chi connectivity index (χ0n) is 16.3. The molecule has 0 aliphatic carbocycles. The van der Waals surface area contributed by atoms with Gasteiger partial charge in [-0.05, 0) is 72.9 Å². The highest BCUT2D eigenvalue weighted by molar-refractivity contribution is 8.25. The number of rotatable bonds is 4. The lowest BCUT2D eigenvalue weighted by molar-refractivity contribution is 0.100. The average molecular weight is 433 g/mol. The van der Waals surface area contributed by atoms with E-state index in [-0.39, 0.29) is 5.92 Å². The lowest BCUT2D eigenvalue weighted by atomic mass is 9.86. The van der Waals surface area contributed by atoms with Crippen molar-refractivity contribution in [1.29, 1.82) is 0 Å². The summed E-state index contributed by atoms with van der Waals surface area (Å²) in [6.07, 6.45) is 4.03. The molecule has 6 nitrogen and oxygen atoms in total. The number of aromatic amines is 1. The van der Waals surface area contributed by atoms with Crippen LogP contribution in [0.4, 0.5) is 0 Å². The molecule has 0 bridgehead atoms. The minimum absolute atomic E-state index is 0.141. The first-order valence-corrected chi connectivity index (χ1v) is 12.0. The molecule has 1 amide bonds. The Balaban J connectivity index is 1.84. The van der Waals surface area contributed by atoms with E-state index in [9.17, 15) is 18.7 Å². The number of primary amides is 1. The smallest absolute Gasteiger partial charge is 0.250 e. The SMILES string of the molecule is CC1(C)CC(c2c[nH]c3c(C(N)=O)cc(-c4csc(C=O)c4)cc23)CCS1(O)O. The van der Waals surface area contributed by atoms with Crippen molar-refractivity contribution in [1.82, 2.24) is 4.98 Å². The summed E-state index contributed by atoms with van der Waals surface area (Å²) < 4.78 is 20.2. The van der Waals surface area contributed by atoms with Gasteiger partial charge in [-0.2, -0.15) is 10.6 Å². The maximum atomic E-state index is 12.1. The Labute approximate surface area is 174 Å². The number of nitrogens with two attached hydrogens (primary N) is 1. The molecule has 1 aromatic carbocycles. The number of hydrogen-bond acceptors (Lipinski definition) is 5. The number of carbonyl (C=O) groups excluding carboxylic acids is 2. The third-order valence-corrected chi connectivity index (χ3v) is 9.57. The van der Waals surface area contributed by atoms with Gasteiger partial charge in [-0.25, -0.2) is 0 Å². The third kappa shape index (κ3) is 3.40. The lowest BCUT2D eigenvalue weighted by Crippen LogP contribution is -2.36. The number of hydrogen-bond donors (Lipinski definition) is 4. The predicted molar refractivity (Wildman–Crippen MR) is 119 cm³/mol. The van der Waals surface area contributed by atoms with Crippen molar-refractivity contribution in [3.05, 3.63) is 45.8 Å². The third-order valence-electron chi connectivity index (χ3n) is 5.97. The molecular weight excluding hydrogens is 408 g/mol. The molecular formula is C21H24N2O4S2. The van der Waals surface area contributed by atoms with Gasteiger partial charge in [-0.3, -0.25) is 18.7 Å². The fourth-order valence-electron chi connectivity index (χ4n) is 4.19. The van der Waals surface area contributed by atoms with Gasteiger partial charge in [0.1, 0.15) is 0 Å². The van der Waals surface area contributed by atoms with Crippen molar-refractivity contribution in [3.8, 4) is 11.1 Å². The first-order chi connectivity index (χ1) is 13.6. The Morgan fingerprint density at radius 3 is 2.69 bits per heavy atom. The molecule has 5 N–H and O–H groups in total. The Morgan fingerprint density at radius 1 is 1.31 bits per heavy atom. The number of H-pyrrole nitrogens is 1. The Morgan fingerprint density at radius 2 is 2.07 bits per heavy atom. The van der Waals surface area contributed by atoms with E-state index in [1.54, 1.807) is 12.1 Å². The molecule has 3 heterocycles. The van der Waals surface area contributed by atoms with E-state index in [1.807, 2.05) is 31.5 Å². The summed E-state index contributed by atoms with van der Waals surface area (Å²) in [5.74, 6) is -0.00988. The van der Waals surface area contributed by atoms with Crippen molar-refractivity contribution in [2.24, 2.45) is 5.73 Å². The standard InChI is InChI=1S/C21H24N2O4S2/c1-21(2)8-12(3-4-29(21,26)27)18-9-23-19-16(18)6-13(7-17(19)20(22)25)14-5-15(10-24)28-11-14/h5-7,9-12,23,26-27H,3-4,8H2,1-2H3,(H2,22,25). The molecule has 1 fully saturated rings. The molecule has 1 aliphatic heterocycles. The quantitative estimate of drug-likeness (QED) is 0.423. The molecule has 1 aliphatic rings. The van der Waals surface area contributed by atoms with E-state index in [1.165, 1.54) is 11.3 Å². The fraction of sp³-hybridized carbons (Fsp3) is 0.333. The number of nitrogens with one attached hydrogen (secondary N) is 1. The highest BCUT2D eigenvalue weighted by atomic mass is 32.3. The zero-order chi connectivity index (χ0) is 21.0. The molecule has 29 heavy (non-hydrogen) atoms. The van der Waals surface area contributed by atoms with Gasteiger partial charge < -0.3 is 10.7 Å². The van der Waals surface area contributed by atoms with Crippen molar-refractivity contribution >= 4 is 45.0 Å².